The van der Waals surface area contributed by atoms with Crippen LogP contribution in [-0.4, -0.2) is 58.9 Å². The van der Waals surface area contributed by atoms with Crippen molar-refractivity contribution in [1.82, 2.24) is 4.90 Å². The molecule has 7 heteroatoms. The van der Waals surface area contributed by atoms with E-state index in [4.69, 9.17) is 20.2 Å². The van der Waals surface area contributed by atoms with Crippen molar-refractivity contribution in [2.75, 3.05) is 19.8 Å². The summed E-state index contributed by atoms with van der Waals surface area (Å²) in [5.74, 6) is -1.70. The van der Waals surface area contributed by atoms with Crippen LogP contribution in [0.2, 0.25) is 0 Å². The highest BCUT2D eigenvalue weighted by Crippen LogP contribution is 2.06. The third-order valence-electron chi connectivity index (χ3n) is 2.42. The van der Waals surface area contributed by atoms with Crippen molar-refractivity contribution >= 4 is 11.9 Å². The second-order valence-corrected chi connectivity index (χ2v) is 4.25. The molecule has 0 radical (unpaired) electrons. The molecule has 0 spiro atoms. The van der Waals surface area contributed by atoms with Gasteiger partial charge in [-0.1, -0.05) is 6.08 Å². The van der Waals surface area contributed by atoms with Gasteiger partial charge < -0.3 is 19.8 Å². The SMILES string of the molecule is C=CCCC(=O)N(CC#N)C(COCC(C)O)C(=O)O. The van der Waals surface area contributed by atoms with E-state index in [2.05, 4.69) is 6.58 Å². The standard InChI is InChI=1S/C13H20N2O5/c1-3-4-5-12(17)15(7-6-14)11(13(18)19)9-20-8-10(2)16/h3,10-11,16H,1,4-5,7-9H2,2H3,(H,18,19). The van der Waals surface area contributed by atoms with Crippen molar-refractivity contribution in [1.29, 1.82) is 5.26 Å². The lowest BCUT2D eigenvalue weighted by atomic mass is 10.2. The number of rotatable bonds is 10. The molecular weight excluding hydrogens is 264 g/mol. The predicted molar refractivity (Wildman–Crippen MR) is 70.7 cm³/mol. The predicted octanol–water partition coefficient (Wildman–Crippen LogP) is 0.155. The van der Waals surface area contributed by atoms with Crippen molar-refractivity contribution < 1.29 is 24.5 Å². The van der Waals surface area contributed by atoms with Crippen LogP contribution in [0, 0.1) is 11.3 Å². The Hall–Kier alpha value is -1.91. The molecule has 0 saturated heterocycles. The average Bonchev–Trinajstić information content (AvgIpc) is 2.38. The number of nitrogens with zero attached hydrogens (tertiary/aromatic N) is 2. The normalized spacial score (nSPS) is 13.1. The summed E-state index contributed by atoms with van der Waals surface area (Å²) in [6.45, 7) is 4.34. The first-order valence-electron chi connectivity index (χ1n) is 6.20. The van der Waals surface area contributed by atoms with E-state index in [0.29, 0.717) is 6.42 Å². The molecule has 2 unspecified atom stereocenters. The van der Waals surface area contributed by atoms with Crippen LogP contribution >= 0.6 is 0 Å². The number of aliphatic hydroxyl groups excluding tert-OH is 1. The number of carboxylic acid groups (broad SMARTS) is 1. The number of aliphatic carboxylic acids is 1. The molecule has 1 amide bonds. The lowest BCUT2D eigenvalue weighted by molar-refractivity contribution is -0.152. The van der Waals surface area contributed by atoms with Gasteiger partial charge >= 0.3 is 5.97 Å². The number of aliphatic hydroxyl groups is 1. The Morgan fingerprint density at radius 3 is 2.60 bits per heavy atom. The zero-order valence-corrected chi connectivity index (χ0v) is 11.5. The number of amides is 1. The van der Waals surface area contributed by atoms with E-state index in [1.54, 1.807) is 12.1 Å². The van der Waals surface area contributed by atoms with Gasteiger partial charge in [0, 0.05) is 6.42 Å². The molecule has 7 nitrogen and oxygen atoms in total. The largest absolute Gasteiger partial charge is 0.480 e. The molecule has 0 aromatic rings. The van der Waals surface area contributed by atoms with Crippen LogP contribution in [0.3, 0.4) is 0 Å². The molecule has 0 aliphatic carbocycles. The van der Waals surface area contributed by atoms with Crippen LogP contribution in [0.5, 0.6) is 0 Å². The minimum Gasteiger partial charge on any atom is -0.480 e. The smallest absolute Gasteiger partial charge is 0.328 e. The Bertz CT molecular complexity index is 375. The Morgan fingerprint density at radius 1 is 1.50 bits per heavy atom. The maximum Gasteiger partial charge on any atom is 0.328 e. The summed E-state index contributed by atoms with van der Waals surface area (Å²) in [4.78, 5) is 24.1. The quantitative estimate of drug-likeness (QED) is 0.436. The van der Waals surface area contributed by atoms with Gasteiger partial charge in [-0.25, -0.2) is 4.79 Å². The molecule has 0 bridgehead atoms. The number of ether oxygens (including phenoxy) is 1. The van der Waals surface area contributed by atoms with Crippen molar-refractivity contribution in [3.8, 4) is 6.07 Å². The van der Waals surface area contributed by atoms with Gasteiger partial charge in [0.05, 0.1) is 25.4 Å². The van der Waals surface area contributed by atoms with Crippen molar-refractivity contribution in [3.63, 3.8) is 0 Å². The minimum absolute atomic E-state index is 0.0367. The van der Waals surface area contributed by atoms with E-state index in [9.17, 15) is 9.59 Å². The van der Waals surface area contributed by atoms with E-state index < -0.39 is 24.0 Å². The summed E-state index contributed by atoms with van der Waals surface area (Å²) in [5, 5.41) is 26.9. The van der Waals surface area contributed by atoms with Gasteiger partial charge in [-0.3, -0.25) is 4.79 Å². The van der Waals surface area contributed by atoms with Crippen molar-refractivity contribution in [2.45, 2.75) is 31.9 Å². The zero-order valence-electron chi connectivity index (χ0n) is 11.5. The van der Waals surface area contributed by atoms with Crippen LogP contribution < -0.4 is 0 Å². The molecule has 0 heterocycles. The second kappa shape index (κ2) is 9.95. The third-order valence-corrected chi connectivity index (χ3v) is 2.42. The first-order chi connectivity index (χ1) is 9.43. The van der Waals surface area contributed by atoms with E-state index in [1.165, 1.54) is 6.92 Å². The molecule has 0 fully saturated rings. The topological polar surface area (TPSA) is 111 Å². The Kier molecular flexibility index (Phi) is 9.00. The van der Waals surface area contributed by atoms with E-state index in [0.717, 1.165) is 4.90 Å². The molecule has 112 valence electrons. The molecule has 20 heavy (non-hydrogen) atoms. The molecule has 0 saturated carbocycles. The highest BCUT2D eigenvalue weighted by Gasteiger charge is 2.29. The van der Waals surface area contributed by atoms with E-state index >= 15 is 0 Å². The zero-order chi connectivity index (χ0) is 15.5. The highest BCUT2D eigenvalue weighted by atomic mass is 16.5. The van der Waals surface area contributed by atoms with Gasteiger partial charge in [0.1, 0.15) is 6.54 Å². The summed E-state index contributed by atoms with van der Waals surface area (Å²) in [6.07, 6.45) is 1.31. The molecule has 0 rings (SSSR count). The summed E-state index contributed by atoms with van der Waals surface area (Å²) in [7, 11) is 0. The van der Waals surface area contributed by atoms with E-state index in [-0.39, 0.29) is 26.2 Å². The molecule has 0 aliphatic heterocycles. The first kappa shape index (κ1) is 18.1. The fourth-order valence-corrected chi connectivity index (χ4v) is 1.46. The maximum atomic E-state index is 11.9. The number of carboxylic acids is 1. The summed E-state index contributed by atoms with van der Waals surface area (Å²) >= 11 is 0. The summed E-state index contributed by atoms with van der Waals surface area (Å²) < 4.78 is 5.05. The van der Waals surface area contributed by atoms with Gasteiger partial charge in [-0.05, 0) is 13.3 Å². The van der Waals surface area contributed by atoms with E-state index in [1.807, 2.05) is 0 Å². The molecular formula is C13H20N2O5. The molecule has 0 aromatic carbocycles. The third kappa shape index (κ3) is 6.87. The molecule has 2 N–H and O–H groups in total. The van der Waals surface area contributed by atoms with Gasteiger partial charge in [-0.2, -0.15) is 5.26 Å². The summed E-state index contributed by atoms with van der Waals surface area (Å²) in [6, 6.07) is 0.526. The Morgan fingerprint density at radius 2 is 2.15 bits per heavy atom. The van der Waals surface area contributed by atoms with Gasteiger partial charge in [0.2, 0.25) is 5.91 Å². The van der Waals surface area contributed by atoms with Crippen LogP contribution in [0.4, 0.5) is 0 Å². The molecule has 0 aliphatic rings. The maximum absolute atomic E-state index is 11.9. The van der Waals surface area contributed by atoms with Crippen molar-refractivity contribution in [2.24, 2.45) is 0 Å². The lowest BCUT2D eigenvalue weighted by Gasteiger charge is -2.26. The molecule has 0 aromatic heterocycles. The summed E-state index contributed by atoms with van der Waals surface area (Å²) in [5.41, 5.74) is 0. The number of nitriles is 1. The van der Waals surface area contributed by atoms with Crippen molar-refractivity contribution in [3.05, 3.63) is 12.7 Å². The fraction of sp³-hybridized carbons (Fsp3) is 0.615. The number of allylic oxidation sites excluding steroid dienone is 1. The van der Waals surface area contributed by atoms with Crippen LogP contribution in [-0.2, 0) is 14.3 Å². The lowest BCUT2D eigenvalue weighted by Crippen LogP contribution is -2.48. The Labute approximate surface area is 118 Å². The number of hydrogen-bond donors (Lipinski definition) is 2. The van der Waals surface area contributed by atoms with Gasteiger partial charge in [0.15, 0.2) is 6.04 Å². The number of hydrogen-bond acceptors (Lipinski definition) is 5. The Balaban J connectivity index is 4.76. The number of carbonyl (C=O) groups is 2. The highest BCUT2D eigenvalue weighted by molar-refractivity contribution is 5.84. The van der Waals surface area contributed by atoms with Gasteiger partial charge in [-0.15, -0.1) is 6.58 Å². The second-order valence-electron chi connectivity index (χ2n) is 4.25. The van der Waals surface area contributed by atoms with Crippen LogP contribution in [0.1, 0.15) is 19.8 Å². The average molecular weight is 284 g/mol. The monoisotopic (exact) mass is 284 g/mol. The fourth-order valence-electron chi connectivity index (χ4n) is 1.46. The number of carbonyl (C=O) groups excluding carboxylic acids is 1. The van der Waals surface area contributed by atoms with Gasteiger partial charge in [0.25, 0.3) is 0 Å². The first-order valence-corrected chi connectivity index (χ1v) is 6.20. The van der Waals surface area contributed by atoms with Crippen LogP contribution in [0.25, 0.3) is 0 Å². The van der Waals surface area contributed by atoms with Crippen LogP contribution in [0.15, 0.2) is 12.7 Å². The minimum atomic E-state index is -1.25. The molecule has 2 atom stereocenters.